The van der Waals surface area contributed by atoms with Crippen LogP contribution < -0.4 is 0 Å². The number of nitrogens with zero attached hydrogens (tertiary/aromatic N) is 2. The molecule has 0 bridgehead atoms. The van der Waals surface area contributed by atoms with E-state index in [1.807, 2.05) is 11.8 Å². The molecular weight excluding hydrogens is 252 g/mol. The van der Waals surface area contributed by atoms with Gasteiger partial charge in [-0.05, 0) is 25.7 Å². The second-order valence-corrected chi connectivity index (χ2v) is 6.14. The van der Waals surface area contributed by atoms with Gasteiger partial charge in [0.2, 0.25) is 0 Å². The van der Waals surface area contributed by atoms with Crippen LogP contribution in [0.25, 0.3) is 0 Å². The van der Waals surface area contributed by atoms with Crippen LogP contribution in [0.1, 0.15) is 51.9 Å². The molecule has 0 radical (unpaired) electrons. The first-order valence-electron chi connectivity index (χ1n) is 8.32. The Morgan fingerprint density at radius 2 is 1.85 bits per heavy atom. The largest absolute Gasteiger partial charge is 0.372 e. The van der Waals surface area contributed by atoms with Gasteiger partial charge in [0, 0.05) is 39.3 Å². The van der Waals surface area contributed by atoms with Gasteiger partial charge in [-0.2, -0.15) is 0 Å². The lowest BCUT2D eigenvalue weighted by atomic mass is 9.94. The van der Waals surface area contributed by atoms with E-state index in [4.69, 9.17) is 4.74 Å². The highest BCUT2D eigenvalue weighted by atomic mass is 16.5. The minimum atomic E-state index is -0.253. The van der Waals surface area contributed by atoms with Crippen molar-refractivity contribution in [1.82, 2.24) is 9.80 Å². The van der Waals surface area contributed by atoms with Crippen molar-refractivity contribution in [2.75, 3.05) is 33.3 Å². The van der Waals surface area contributed by atoms with Gasteiger partial charge in [-0.3, -0.25) is 9.69 Å². The van der Waals surface area contributed by atoms with Crippen LogP contribution in [0.2, 0.25) is 0 Å². The summed E-state index contributed by atoms with van der Waals surface area (Å²) in [5.41, 5.74) is 0. The fourth-order valence-electron chi connectivity index (χ4n) is 3.61. The fourth-order valence-corrected chi connectivity index (χ4v) is 3.61. The molecule has 0 aromatic carbocycles. The zero-order chi connectivity index (χ0) is 14.4. The van der Waals surface area contributed by atoms with Crippen molar-refractivity contribution in [1.29, 1.82) is 0 Å². The number of hydrogen-bond acceptors (Lipinski definition) is 3. The second kappa shape index (κ2) is 7.99. The van der Waals surface area contributed by atoms with Crippen molar-refractivity contribution in [2.45, 2.75) is 64.0 Å². The Kier molecular flexibility index (Phi) is 6.30. The molecule has 1 amide bonds. The van der Waals surface area contributed by atoms with Gasteiger partial charge in [0.15, 0.2) is 0 Å². The van der Waals surface area contributed by atoms with Crippen molar-refractivity contribution in [2.24, 2.45) is 0 Å². The molecule has 2 rings (SSSR count). The van der Waals surface area contributed by atoms with Gasteiger partial charge in [0.05, 0.1) is 0 Å². The molecule has 4 heteroatoms. The number of hydrogen-bond donors (Lipinski definition) is 0. The lowest BCUT2D eigenvalue weighted by Gasteiger charge is -2.33. The summed E-state index contributed by atoms with van der Waals surface area (Å²) in [5, 5.41) is 0. The minimum Gasteiger partial charge on any atom is -0.372 e. The van der Waals surface area contributed by atoms with E-state index in [0.717, 1.165) is 45.1 Å². The first-order chi connectivity index (χ1) is 9.76. The van der Waals surface area contributed by atoms with Gasteiger partial charge in [0.1, 0.15) is 6.10 Å². The van der Waals surface area contributed by atoms with Gasteiger partial charge in [-0.25, -0.2) is 0 Å². The van der Waals surface area contributed by atoms with Gasteiger partial charge in [-0.15, -0.1) is 0 Å². The van der Waals surface area contributed by atoms with Gasteiger partial charge < -0.3 is 9.64 Å². The Bertz CT molecular complexity index is 299. The van der Waals surface area contributed by atoms with Crippen LogP contribution in [-0.4, -0.2) is 61.1 Å². The first kappa shape index (κ1) is 15.8. The summed E-state index contributed by atoms with van der Waals surface area (Å²) in [7, 11) is 1.64. The molecule has 1 aliphatic carbocycles. The molecule has 0 aromatic heterocycles. The maximum atomic E-state index is 12.4. The second-order valence-electron chi connectivity index (χ2n) is 6.14. The predicted octanol–water partition coefficient (Wildman–Crippen LogP) is 2.28. The van der Waals surface area contributed by atoms with Crippen LogP contribution in [0, 0.1) is 0 Å². The van der Waals surface area contributed by atoms with E-state index in [0.29, 0.717) is 0 Å². The van der Waals surface area contributed by atoms with Crippen molar-refractivity contribution >= 4 is 5.91 Å². The van der Waals surface area contributed by atoms with Gasteiger partial charge in [0.25, 0.3) is 5.91 Å². The Morgan fingerprint density at radius 1 is 1.10 bits per heavy atom. The van der Waals surface area contributed by atoms with E-state index in [1.54, 1.807) is 7.11 Å². The average Bonchev–Trinajstić information content (AvgIpc) is 2.75. The smallest absolute Gasteiger partial charge is 0.251 e. The van der Waals surface area contributed by atoms with E-state index < -0.39 is 0 Å². The van der Waals surface area contributed by atoms with E-state index in [2.05, 4.69) is 4.90 Å². The molecule has 1 saturated carbocycles. The monoisotopic (exact) mass is 282 g/mol. The molecule has 116 valence electrons. The zero-order valence-corrected chi connectivity index (χ0v) is 13.1. The van der Waals surface area contributed by atoms with Crippen LogP contribution in [-0.2, 0) is 9.53 Å². The molecule has 2 aliphatic rings. The van der Waals surface area contributed by atoms with E-state index in [9.17, 15) is 4.79 Å². The molecule has 1 heterocycles. The molecule has 20 heavy (non-hydrogen) atoms. The summed E-state index contributed by atoms with van der Waals surface area (Å²) in [6, 6.07) is 0.767. The van der Waals surface area contributed by atoms with Crippen LogP contribution in [0.4, 0.5) is 0 Å². The summed E-state index contributed by atoms with van der Waals surface area (Å²) >= 11 is 0. The van der Waals surface area contributed by atoms with Crippen molar-refractivity contribution in [3.8, 4) is 0 Å². The third-order valence-corrected chi connectivity index (χ3v) is 4.86. The highest BCUT2D eigenvalue weighted by Gasteiger charge is 2.27. The SMILES string of the molecule is CC[C@H](OC)C(=O)N1CCCN(C2CCCCC2)CC1. The van der Waals surface area contributed by atoms with Crippen LogP contribution >= 0.6 is 0 Å². The topological polar surface area (TPSA) is 32.8 Å². The molecule has 4 nitrogen and oxygen atoms in total. The highest BCUT2D eigenvalue weighted by molar-refractivity contribution is 5.80. The molecule has 1 atom stereocenters. The number of methoxy groups -OCH3 is 1. The lowest BCUT2D eigenvalue weighted by molar-refractivity contribution is -0.142. The summed E-state index contributed by atoms with van der Waals surface area (Å²) in [5.74, 6) is 0.181. The summed E-state index contributed by atoms with van der Waals surface area (Å²) in [4.78, 5) is 17.0. The Labute approximate surface area is 123 Å². The molecule has 2 fully saturated rings. The normalized spacial score (nSPS) is 24.4. The molecule has 0 unspecified atom stereocenters. The fraction of sp³-hybridized carbons (Fsp3) is 0.938. The molecule has 0 N–H and O–H groups in total. The lowest BCUT2D eigenvalue weighted by Crippen LogP contribution is -2.43. The Hall–Kier alpha value is -0.610. The van der Waals surface area contributed by atoms with E-state index in [-0.39, 0.29) is 12.0 Å². The predicted molar refractivity (Wildman–Crippen MR) is 80.7 cm³/mol. The van der Waals surface area contributed by atoms with Crippen LogP contribution in [0.3, 0.4) is 0 Å². The molecule has 1 aliphatic heterocycles. The third-order valence-electron chi connectivity index (χ3n) is 4.86. The number of amides is 1. The Balaban J connectivity index is 1.86. The highest BCUT2D eigenvalue weighted by Crippen LogP contribution is 2.23. The summed E-state index contributed by atoms with van der Waals surface area (Å²) in [6.07, 6.45) is 8.47. The van der Waals surface area contributed by atoms with E-state index in [1.165, 1.54) is 32.1 Å². The maximum Gasteiger partial charge on any atom is 0.251 e. The third kappa shape index (κ3) is 3.95. The number of carbonyl (C=O) groups is 1. The Morgan fingerprint density at radius 3 is 2.50 bits per heavy atom. The van der Waals surface area contributed by atoms with Crippen LogP contribution in [0.15, 0.2) is 0 Å². The average molecular weight is 282 g/mol. The maximum absolute atomic E-state index is 12.4. The zero-order valence-electron chi connectivity index (χ0n) is 13.1. The number of rotatable bonds is 4. The van der Waals surface area contributed by atoms with Crippen molar-refractivity contribution in [3.63, 3.8) is 0 Å². The number of ether oxygens (including phenoxy) is 1. The van der Waals surface area contributed by atoms with Crippen LogP contribution in [0.5, 0.6) is 0 Å². The first-order valence-corrected chi connectivity index (χ1v) is 8.32. The van der Waals surface area contributed by atoms with Gasteiger partial charge in [-0.1, -0.05) is 26.2 Å². The summed E-state index contributed by atoms with van der Waals surface area (Å²) < 4.78 is 5.29. The molecular formula is C16H30N2O2. The standard InChI is InChI=1S/C16H30N2O2/c1-3-15(20-2)16(19)18-11-7-10-17(12-13-18)14-8-5-4-6-9-14/h14-15H,3-13H2,1-2H3/t15-/m0/s1. The summed E-state index contributed by atoms with van der Waals surface area (Å²) in [6.45, 7) is 5.96. The molecule has 0 aromatic rings. The van der Waals surface area contributed by atoms with Gasteiger partial charge >= 0.3 is 0 Å². The van der Waals surface area contributed by atoms with Crippen molar-refractivity contribution in [3.05, 3.63) is 0 Å². The van der Waals surface area contributed by atoms with Crippen molar-refractivity contribution < 1.29 is 9.53 Å². The number of carbonyl (C=O) groups excluding carboxylic acids is 1. The quantitative estimate of drug-likeness (QED) is 0.793. The van der Waals surface area contributed by atoms with E-state index >= 15 is 0 Å². The molecule has 1 saturated heterocycles. The minimum absolute atomic E-state index is 0.181. The molecule has 0 spiro atoms.